The van der Waals surface area contributed by atoms with Crippen LogP contribution in [0.1, 0.15) is 60.3 Å². The molecule has 0 radical (unpaired) electrons. The van der Waals surface area contributed by atoms with Crippen LogP contribution in [0, 0.1) is 0 Å². The third kappa shape index (κ3) is 5.24. The van der Waals surface area contributed by atoms with Crippen molar-refractivity contribution in [3.63, 3.8) is 0 Å². The van der Waals surface area contributed by atoms with Crippen molar-refractivity contribution in [3.05, 3.63) is 64.5 Å². The molecular formula is C29H33N5O4. The van der Waals surface area contributed by atoms with Gasteiger partial charge in [-0.15, -0.1) is 0 Å². The summed E-state index contributed by atoms with van der Waals surface area (Å²) in [5.41, 5.74) is 13.0. The van der Waals surface area contributed by atoms with Crippen molar-refractivity contribution in [3.8, 4) is 0 Å². The number of pyridine rings is 1. The minimum atomic E-state index is -0.120. The SMILES string of the molecule is CC(=O)c1ccc(N2Cc3cccc(C(N)=C4CN(C(C)=O)CCC4=NC4CCOCC4)c3CC2=O)cn1. The Kier molecular flexibility index (Phi) is 7.37. The van der Waals surface area contributed by atoms with Crippen molar-refractivity contribution >= 4 is 34.7 Å². The quantitative estimate of drug-likeness (QED) is 0.626. The number of likely N-dealkylation sites (tertiary alicyclic amines) is 1. The van der Waals surface area contributed by atoms with E-state index in [1.807, 2.05) is 18.2 Å². The molecule has 0 spiro atoms. The highest BCUT2D eigenvalue weighted by Gasteiger charge is 2.30. The molecule has 0 atom stereocenters. The lowest BCUT2D eigenvalue weighted by molar-refractivity contribution is -0.128. The van der Waals surface area contributed by atoms with Gasteiger partial charge in [-0.05, 0) is 36.1 Å². The van der Waals surface area contributed by atoms with E-state index in [-0.39, 0.29) is 30.1 Å². The number of Topliss-reactive ketones (excluding diaryl/α,β-unsaturated/α-hetero) is 1. The molecule has 198 valence electrons. The average Bonchev–Trinajstić information content (AvgIpc) is 2.92. The number of carbonyl (C=O) groups is 3. The van der Waals surface area contributed by atoms with Gasteiger partial charge in [-0.3, -0.25) is 24.4 Å². The molecule has 2 amide bonds. The van der Waals surface area contributed by atoms with Gasteiger partial charge in [-0.1, -0.05) is 18.2 Å². The Morgan fingerprint density at radius 3 is 2.58 bits per heavy atom. The molecule has 38 heavy (non-hydrogen) atoms. The maximum absolute atomic E-state index is 13.3. The number of rotatable bonds is 4. The molecule has 4 heterocycles. The molecule has 1 aromatic heterocycles. The van der Waals surface area contributed by atoms with Crippen molar-refractivity contribution in [1.29, 1.82) is 0 Å². The maximum atomic E-state index is 13.3. The fraction of sp³-hybridized carbons (Fsp3) is 0.414. The second-order valence-electron chi connectivity index (χ2n) is 10.1. The molecular weight excluding hydrogens is 482 g/mol. The third-order valence-corrected chi connectivity index (χ3v) is 7.56. The average molecular weight is 516 g/mol. The summed E-state index contributed by atoms with van der Waals surface area (Å²) in [4.78, 5) is 49.9. The van der Waals surface area contributed by atoms with Crippen LogP contribution in [-0.4, -0.2) is 65.5 Å². The van der Waals surface area contributed by atoms with Crippen LogP contribution in [0.15, 0.2) is 47.1 Å². The van der Waals surface area contributed by atoms with Crippen molar-refractivity contribution in [2.24, 2.45) is 10.7 Å². The summed E-state index contributed by atoms with van der Waals surface area (Å²) >= 11 is 0. The van der Waals surface area contributed by atoms with Crippen LogP contribution in [0.3, 0.4) is 0 Å². The number of fused-ring (bicyclic) bond motifs is 1. The molecule has 0 aliphatic carbocycles. The molecule has 1 aromatic carbocycles. The van der Waals surface area contributed by atoms with Crippen LogP contribution in [0.5, 0.6) is 0 Å². The molecule has 0 unspecified atom stereocenters. The highest BCUT2D eigenvalue weighted by molar-refractivity contribution is 6.08. The van der Waals surface area contributed by atoms with Gasteiger partial charge >= 0.3 is 0 Å². The minimum Gasteiger partial charge on any atom is -0.398 e. The predicted molar refractivity (Wildman–Crippen MR) is 145 cm³/mol. The first-order chi connectivity index (χ1) is 18.3. The van der Waals surface area contributed by atoms with Gasteiger partial charge in [-0.2, -0.15) is 0 Å². The minimum absolute atomic E-state index is 0.00530. The second kappa shape index (κ2) is 10.9. The van der Waals surface area contributed by atoms with Crippen LogP contribution in [0.2, 0.25) is 0 Å². The molecule has 2 fully saturated rings. The molecule has 9 nitrogen and oxygen atoms in total. The van der Waals surface area contributed by atoms with Crippen LogP contribution in [0.4, 0.5) is 5.69 Å². The number of hydrogen-bond donors (Lipinski definition) is 1. The first-order valence-corrected chi connectivity index (χ1v) is 13.1. The van der Waals surface area contributed by atoms with Gasteiger partial charge in [0.25, 0.3) is 0 Å². The van der Waals surface area contributed by atoms with Crippen LogP contribution in [-0.2, 0) is 27.3 Å². The van der Waals surface area contributed by atoms with Crippen molar-refractivity contribution in [2.45, 2.75) is 52.1 Å². The molecule has 0 bridgehead atoms. The van der Waals surface area contributed by atoms with E-state index in [1.54, 1.807) is 35.1 Å². The van der Waals surface area contributed by atoms with E-state index in [2.05, 4.69) is 4.98 Å². The summed E-state index contributed by atoms with van der Waals surface area (Å²) in [6, 6.07) is 9.49. The summed E-state index contributed by atoms with van der Waals surface area (Å²) in [6.07, 6.45) is 4.16. The number of aromatic nitrogens is 1. The standard InChI is InChI=1S/C29H33N5O4/c1-18(35)26-7-6-22(15-31-26)34-16-20-4-3-5-23(24(20)14-28(34)37)29(30)25-17-33(19(2)36)11-8-27(25)32-21-9-12-38-13-10-21/h3-7,15,21H,8-14,16-17,30H2,1-2H3. The number of piperidine rings is 1. The first-order valence-electron chi connectivity index (χ1n) is 13.1. The van der Waals surface area contributed by atoms with Gasteiger partial charge in [-0.25, -0.2) is 0 Å². The van der Waals surface area contributed by atoms with E-state index >= 15 is 0 Å². The summed E-state index contributed by atoms with van der Waals surface area (Å²) < 4.78 is 5.50. The molecule has 5 rings (SSSR count). The van der Waals surface area contributed by atoms with Gasteiger partial charge in [0.05, 0.1) is 30.9 Å². The van der Waals surface area contributed by atoms with E-state index < -0.39 is 0 Å². The van der Waals surface area contributed by atoms with E-state index in [0.717, 1.165) is 40.8 Å². The number of carbonyl (C=O) groups excluding carboxylic acids is 3. The number of ether oxygens (including phenoxy) is 1. The number of nitrogens with two attached hydrogens (primary N) is 1. The zero-order valence-corrected chi connectivity index (χ0v) is 21.9. The predicted octanol–water partition coefficient (Wildman–Crippen LogP) is 2.92. The highest BCUT2D eigenvalue weighted by atomic mass is 16.5. The lowest BCUT2D eigenvalue weighted by Crippen LogP contribution is -2.41. The molecule has 9 heteroatoms. The van der Waals surface area contributed by atoms with Gasteiger partial charge in [0.1, 0.15) is 5.69 Å². The Balaban J connectivity index is 1.50. The smallest absolute Gasteiger partial charge is 0.231 e. The molecule has 0 saturated carbocycles. The van der Waals surface area contributed by atoms with Crippen LogP contribution in [0.25, 0.3) is 5.70 Å². The number of anilines is 1. The summed E-state index contributed by atoms with van der Waals surface area (Å²) in [6.45, 7) is 5.84. The topological polar surface area (TPSA) is 118 Å². The highest BCUT2D eigenvalue weighted by Crippen LogP contribution is 2.32. The lowest BCUT2D eigenvalue weighted by atomic mass is 9.89. The van der Waals surface area contributed by atoms with Crippen molar-refractivity contribution in [2.75, 3.05) is 31.2 Å². The number of benzene rings is 1. The summed E-state index contributed by atoms with van der Waals surface area (Å²) in [5.74, 6) is -0.179. The van der Waals surface area contributed by atoms with Gasteiger partial charge in [0.15, 0.2) is 5.78 Å². The van der Waals surface area contributed by atoms with Crippen molar-refractivity contribution in [1.82, 2.24) is 9.88 Å². The molecule has 3 aliphatic rings. The largest absolute Gasteiger partial charge is 0.398 e. The normalized spacial score (nSPS) is 20.9. The van der Waals surface area contributed by atoms with Crippen LogP contribution < -0.4 is 10.6 Å². The number of hydrogen-bond acceptors (Lipinski definition) is 7. The third-order valence-electron chi connectivity index (χ3n) is 7.56. The van der Waals surface area contributed by atoms with E-state index in [0.29, 0.717) is 56.3 Å². The summed E-state index contributed by atoms with van der Waals surface area (Å²) in [5, 5.41) is 0. The zero-order valence-electron chi connectivity index (χ0n) is 21.9. The zero-order chi connectivity index (χ0) is 26.8. The number of amides is 2. The molecule has 2 saturated heterocycles. The Morgan fingerprint density at radius 1 is 1.11 bits per heavy atom. The van der Waals surface area contributed by atoms with Crippen LogP contribution >= 0.6 is 0 Å². The molecule has 2 aromatic rings. The number of aliphatic imine (C=N–C) groups is 1. The first kappa shape index (κ1) is 25.8. The molecule has 2 N–H and O–H groups in total. The number of ketones is 1. The lowest BCUT2D eigenvalue weighted by Gasteiger charge is -2.33. The van der Waals surface area contributed by atoms with E-state index in [4.69, 9.17) is 15.5 Å². The van der Waals surface area contributed by atoms with Crippen molar-refractivity contribution < 1.29 is 19.1 Å². The Labute approximate surface area is 222 Å². The Morgan fingerprint density at radius 2 is 1.89 bits per heavy atom. The van der Waals surface area contributed by atoms with Gasteiger partial charge in [0, 0.05) is 69.1 Å². The van der Waals surface area contributed by atoms with E-state index in [1.165, 1.54) is 6.92 Å². The number of nitrogens with zero attached hydrogens (tertiary/aromatic N) is 4. The van der Waals surface area contributed by atoms with Gasteiger partial charge < -0.3 is 20.3 Å². The molecule has 3 aliphatic heterocycles. The Bertz CT molecular complexity index is 1320. The van der Waals surface area contributed by atoms with E-state index in [9.17, 15) is 14.4 Å². The maximum Gasteiger partial charge on any atom is 0.231 e. The fourth-order valence-corrected chi connectivity index (χ4v) is 5.34. The monoisotopic (exact) mass is 515 g/mol. The summed E-state index contributed by atoms with van der Waals surface area (Å²) in [7, 11) is 0. The second-order valence-corrected chi connectivity index (χ2v) is 10.1. The Hall–Kier alpha value is -3.85. The van der Waals surface area contributed by atoms with Gasteiger partial charge in [0.2, 0.25) is 11.8 Å². The fourth-order valence-electron chi connectivity index (χ4n) is 5.34.